The lowest BCUT2D eigenvalue weighted by Gasteiger charge is -2.22. The van der Waals surface area contributed by atoms with E-state index < -0.39 is 0 Å². The quantitative estimate of drug-likeness (QED) is 0.488. The number of aromatic nitrogens is 2. The van der Waals surface area contributed by atoms with Crippen LogP contribution in [0.2, 0.25) is 0 Å². The minimum atomic E-state index is -0.266. The summed E-state index contributed by atoms with van der Waals surface area (Å²) in [6.07, 6.45) is 0. The number of carbonyl (C=O) groups is 1. The van der Waals surface area contributed by atoms with E-state index in [1.807, 2.05) is 43.3 Å². The number of hydrogen-bond donors (Lipinski definition) is 1. The number of para-hydroxylation sites is 2. The summed E-state index contributed by atoms with van der Waals surface area (Å²) in [5.41, 5.74) is 3.74. The summed E-state index contributed by atoms with van der Waals surface area (Å²) in [7, 11) is 1.61. The predicted molar refractivity (Wildman–Crippen MR) is 119 cm³/mol. The normalized spacial score (nSPS) is 13.0. The summed E-state index contributed by atoms with van der Waals surface area (Å²) in [6.45, 7) is 4.13. The summed E-state index contributed by atoms with van der Waals surface area (Å²) in [5, 5.41) is 3.09. The lowest BCUT2D eigenvalue weighted by Crippen LogP contribution is -2.29. The predicted octanol–water partition coefficient (Wildman–Crippen LogP) is 5.15. The molecule has 2 unspecified atom stereocenters. The Morgan fingerprint density at radius 1 is 0.933 bits per heavy atom. The average Bonchev–Trinajstić information content (AvgIpc) is 3.19. The number of nitrogens with zero attached hydrogens (tertiary/aromatic N) is 2. The Kier molecular flexibility index (Phi) is 5.53. The highest BCUT2D eigenvalue weighted by Gasteiger charge is 2.22. The van der Waals surface area contributed by atoms with Gasteiger partial charge in [-0.25, -0.2) is 4.98 Å². The maximum atomic E-state index is 12.8. The smallest absolute Gasteiger partial charge is 0.251 e. The van der Waals surface area contributed by atoms with Crippen LogP contribution in [0.15, 0.2) is 78.9 Å². The van der Waals surface area contributed by atoms with E-state index in [1.54, 1.807) is 31.4 Å². The molecule has 4 rings (SSSR count). The number of carbonyl (C=O) groups excluding carboxylic acids is 1. The first-order chi connectivity index (χ1) is 14.6. The van der Waals surface area contributed by atoms with Crippen LogP contribution in [0, 0.1) is 0 Å². The second-order valence-electron chi connectivity index (χ2n) is 7.34. The van der Waals surface area contributed by atoms with Crippen molar-refractivity contribution < 1.29 is 9.53 Å². The third-order valence-electron chi connectivity index (χ3n) is 5.38. The van der Waals surface area contributed by atoms with Crippen molar-refractivity contribution in [2.45, 2.75) is 25.9 Å². The first-order valence-electron chi connectivity index (χ1n) is 10.0. The molecule has 1 N–H and O–H groups in total. The second kappa shape index (κ2) is 8.41. The summed E-state index contributed by atoms with van der Waals surface area (Å²) in [4.78, 5) is 17.7. The molecular formula is C25H25N3O2. The minimum absolute atomic E-state index is 0.0777. The highest BCUT2D eigenvalue weighted by Crippen LogP contribution is 2.29. The van der Waals surface area contributed by atoms with Gasteiger partial charge in [-0.2, -0.15) is 0 Å². The third-order valence-corrected chi connectivity index (χ3v) is 5.38. The zero-order chi connectivity index (χ0) is 21.1. The van der Waals surface area contributed by atoms with Gasteiger partial charge >= 0.3 is 0 Å². The van der Waals surface area contributed by atoms with Crippen molar-refractivity contribution in [3.05, 3.63) is 95.8 Å². The molecule has 152 valence electrons. The van der Waals surface area contributed by atoms with E-state index in [-0.39, 0.29) is 18.0 Å². The van der Waals surface area contributed by atoms with Gasteiger partial charge in [-0.15, -0.1) is 0 Å². The molecule has 0 fully saturated rings. The molecule has 0 spiro atoms. The molecular weight excluding hydrogens is 374 g/mol. The van der Waals surface area contributed by atoms with Gasteiger partial charge in [0.05, 0.1) is 30.2 Å². The maximum absolute atomic E-state index is 12.8. The highest BCUT2D eigenvalue weighted by atomic mass is 16.5. The van der Waals surface area contributed by atoms with E-state index >= 15 is 0 Å². The monoisotopic (exact) mass is 399 g/mol. The summed E-state index contributed by atoms with van der Waals surface area (Å²) < 4.78 is 7.38. The largest absolute Gasteiger partial charge is 0.497 e. The SMILES string of the molecule is COc1ccc(C(=O)NC(C)c2nc3ccccc3n2C(C)c2ccccc2)cc1. The van der Waals surface area contributed by atoms with Crippen LogP contribution in [0.5, 0.6) is 5.75 Å². The van der Waals surface area contributed by atoms with E-state index in [9.17, 15) is 4.79 Å². The van der Waals surface area contributed by atoms with Crippen LogP contribution in [0.1, 0.15) is 47.7 Å². The Hall–Kier alpha value is -3.60. The summed E-state index contributed by atoms with van der Waals surface area (Å²) in [5.74, 6) is 1.41. The number of imidazole rings is 1. The molecule has 4 aromatic rings. The molecule has 30 heavy (non-hydrogen) atoms. The second-order valence-corrected chi connectivity index (χ2v) is 7.34. The van der Waals surface area contributed by atoms with Gasteiger partial charge in [-0.05, 0) is 55.8 Å². The number of benzene rings is 3. The number of hydrogen-bond acceptors (Lipinski definition) is 3. The van der Waals surface area contributed by atoms with Crippen LogP contribution in [0.3, 0.4) is 0 Å². The molecule has 1 aromatic heterocycles. The van der Waals surface area contributed by atoms with Gasteiger partial charge in [0.2, 0.25) is 0 Å². The number of methoxy groups -OCH3 is 1. The molecule has 0 saturated heterocycles. The van der Waals surface area contributed by atoms with Crippen molar-refractivity contribution in [2.24, 2.45) is 0 Å². The van der Waals surface area contributed by atoms with Gasteiger partial charge in [0.1, 0.15) is 11.6 Å². The molecule has 1 heterocycles. The molecule has 5 heteroatoms. The Balaban J connectivity index is 1.68. The fourth-order valence-electron chi connectivity index (χ4n) is 3.74. The summed E-state index contributed by atoms with van der Waals surface area (Å²) >= 11 is 0. The van der Waals surface area contributed by atoms with E-state index in [0.29, 0.717) is 5.56 Å². The fraction of sp³-hybridized carbons (Fsp3) is 0.200. The lowest BCUT2D eigenvalue weighted by atomic mass is 10.1. The van der Waals surface area contributed by atoms with Crippen LogP contribution in [-0.2, 0) is 0 Å². The first-order valence-corrected chi connectivity index (χ1v) is 10.0. The zero-order valence-corrected chi connectivity index (χ0v) is 17.4. The molecule has 0 aliphatic rings. The van der Waals surface area contributed by atoms with Crippen molar-refractivity contribution in [1.82, 2.24) is 14.9 Å². The van der Waals surface area contributed by atoms with E-state index in [0.717, 1.165) is 22.6 Å². The Morgan fingerprint density at radius 3 is 2.30 bits per heavy atom. The van der Waals surface area contributed by atoms with Crippen LogP contribution < -0.4 is 10.1 Å². The third kappa shape index (κ3) is 3.79. The first kappa shape index (κ1) is 19.7. The molecule has 0 aliphatic carbocycles. The van der Waals surface area contributed by atoms with Gasteiger partial charge in [-0.3, -0.25) is 4.79 Å². The molecule has 0 saturated carbocycles. The molecule has 0 bridgehead atoms. The Labute approximate surface area is 176 Å². The Morgan fingerprint density at radius 2 is 1.60 bits per heavy atom. The van der Waals surface area contributed by atoms with Crippen molar-refractivity contribution in [1.29, 1.82) is 0 Å². The fourth-order valence-corrected chi connectivity index (χ4v) is 3.74. The van der Waals surface area contributed by atoms with Crippen molar-refractivity contribution >= 4 is 16.9 Å². The number of amides is 1. The molecule has 0 radical (unpaired) electrons. The molecule has 1 amide bonds. The van der Waals surface area contributed by atoms with Gasteiger partial charge in [-0.1, -0.05) is 42.5 Å². The van der Waals surface area contributed by atoms with Crippen molar-refractivity contribution in [3.8, 4) is 5.75 Å². The molecule has 5 nitrogen and oxygen atoms in total. The zero-order valence-electron chi connectivity index (χ0n) is 17.4. The van der Waals surface area contributed by atoms with Crippen LogP contribution in [-0.4, -0.2) is 22.6 Å². The minimum Gasteiger partial charge on any atom is -0.497 e. The van der Waals surface area contributed by atoms with Gasteiger partial charge < -0.3 is 14.6 Å². The van der Waals surface area contributed by atoms with Crippen LogP contribution >= 0.6 is 0 Å². The van der Waals surface area contributed by atoms with Crippen molar-refractivity contribution in [2.75, 3.05) is 7.11 Å². The number of nitrogens with one attached hydrogen (secondary N) is 1. The average molecular weight is 399 g/mol. The number of fused-ring (bicyclic) bond motifs is 1. The van der Waals surface area contributed by atoms with Crippen molar-refractivity contribution in [3.63, 3.8) is 0 Å². The van der Waals surface area contributed by atoms with E-state index in [1.165, 1.54) is 5.56 Å². The topological polar surface area (TPSA) is 56.1 Å². The van der Waals surface area contributed by atoms with Crippen LogP contribution in [0.25, 0.3) is 11.0 Å². The number of rotatable bonds is 6. The molecule has 2 atom stereocenters. The van der Waals surface area contributed by atoms with E-state index in [2.05, 4.69) is 35.0 Å². The number of ether oxygens (including phenoxy) is 1. The highest BCUT2D eigenvalue weighted by molar-refractivity contribution is 5.94. The van der Waals surface area contributed by atoms with Gasteiger partial charge in [0.15, 0.2) is 0 Å². The molecule has 0 aliphatic heterocycles. The maximum Gasteiger partial charge on any atom is 0.251 e. The Bertz CT molecular complexity index is 1150. The molecule has 3 aromatic carbocycles. The standard InChI is InChI=1S/C25H25N3O2/c1-17(26-25(29)20-13-15-21(30-3)16-14-20)24-27-22-11-7-8-12-23(22)28(24)18(2)19-9-5-4-6-10-19/h4-18H,1-3H3,(H,26,29). The van der Waals surface area contributed by atoms with E-state index in [4.69, 9.17) is 9.72 Å². The lowest BCUT2D eigenvalue weighted by molar-refractivity contribution is 0.0937. The van der Waals surface area contributed by atoms with Gasteiger partial charge in [0, 0.05) is 5.56 Å². The van der Waals surface area contributed by atoms with Crippen LogP contribution in [0.4, 0.5) is 0 Å². The summed E-state index contributed by atoms with van der Waals surface area (Å²) in [6, 6.07) is 25.3. The van der Waals surface area contributed by atoms with Gasteiger partial charge in [0.25, 0.3) is 5.91 Å².